The van der Waals surface area contributed by atoms with Crippen LogP contribution in [-0.4, -0.2) is 27.4 Å². The highest BCUT2D eigenvalue weighted by atomic mass is 28.3. The first kappa shape index (κ1) is 68.1. The summed E-state index contributed by atoms with van der Waals surface area (Å²) in [5.74, 6) is 0. The molecular formula is C100H92BN3Si2. The Balaban J connectivity index is 1.03. The summed E-state index contributed by atoms with van der Waals surface area (Å²) in [5.41, 5.74) is 21.3. The summed E-state index contributed by atoms with van der Waals surface area (Å²) in [4.78, 5) is 5.38. The van der Waals surface area contributed by atoms with E-state index in [1.165, 1.54) is 124 Å². The Labute approximate surface area is 630 Å². The Kier molecular flexibility index (Phi) is 16.7. The van der Waals surface area contributed by atoms with Crippen molar-refractivity contribution in [2.24, 2.45) is 0 Å². The number of aromatic nitrogens is 1. The lowest BCUT2D eigenvalue weighted by atomic mass is 9.33. The zero-order valence-electron chi connectivity index (χ0n) is 63.3. The van der Waals surface area contributed by atoms with Crippen LogP contribution in [0.5, 0.6) is 0 Å². The largest absolute Gasteiger partial charge is 0.311 e. The lowest BCUT2D eigenvalue weighted by Gasteiger charge is -2.46. The van der Waals surface area contributed by atoms with Gasteiger partial charge in [-0.3, -0.25) is 0 Å². The fourth-order valence-corrected chi connectivity index (χ4v) is 27.1. The molecule has 3 nitrogen and oxygen atoms in total. The van der Waals surface area contributed by atoms with Crippen LogP contribution in [0.3, 0.4) is 0 Å². The van der Waals surface area contributed by atoms with Crippen LogP contribution in [0.4, 0.5) is 34.1 Å². The molecule has 3 heterocycles. The van der Waals surface area contributed by atoms with Gasteiger partial charge >= 0.3 is 0 Å². The molecule has 0 aliphatic carbocycles. The van der Waals surface area contributed by atoms with E-state index in [-0.39, 0.29) is 28.4 Å². The van der Waals surface area contributed by atoms with Gasteiger partial charge in [-0.1, -0.05) is 350 Å². The fourth-order valence-electron chi connectivity index (χ4n) is 17.6. The van der Waals surface area contributed by atoms with Gasteiger partial charge in [-0.05, 0) is 180 Å². The summed E-state index contributed by atoms with van der Waals surface area (Å²) in [6.45, 7) is 28.0. The average molecular weight is 1400 g/mol. The predicted octanol–water partition coefficient (Wildman–Crippen LogP) is 18.5. The summed E-state index contributed by atoms with van der Waals surface area (Å²) in [7, 11) is -6.08. The molecule has 106 heavy (non-hydrogen) atoms. The predicted molar refractivity (Wildman–Crippen MR) is 462 cm³/mol. The Morgan fingerprint density at radius 3 is 1.03 bits per heavy atom. The van der Waals surface area contributed by atoms with Gasteiger partial charge in [0.15, 0.2) is 16.1 Å². The van der Waals surface area contributed by atoms with Gasteiger partial charge in [0.2, 0.25) is 0 Å². The number of nitrogens with zero attached hydrogens (tertiary/aromatic N) is 3. The van der Waals surface area contributed by atoms with Crippen molar-refractivity contribution >= 4 is 137 Å². The number of hydrogen-bond acceptors (Lipinski definition) is 2. The molecule has 0 spiro atoms. The Morgan fingerprint density at radius 2 is 0.594 bits per heavy atom. The summed E-state index contributed by atoms with van der Waals surface area (Å²) in [5, 5.41) is 13.3. The molecular weight excluding hydrogens is 1310 g/mol. The number of fused-ring (bicyclic) bond motifs is 7. The van der Waals surface area contributed by atoms with Crippen molar-refractivity contribution in [2.45, 2.75) is 105 Å². The van der Waals surface area contributed by atoms with Crippen LogP contribution in [0.25, 0.3) is 38.6 Å². The Bertz CT molecular complexity index is 5530. The van der Waals surface area contributed by atoms with Crippen LogP contribution < -0.4 is 67.7 Å². The lowest BCUT2D eigenvalue weighted by molar-refractivity contribution is 0.590. The molecule has 2 aliphatic rings. The monoisotopic (exact) mass is 1400 g/mol. The van der Waals surface area contributed by atoms with Crippen LogP contribution in [0, 0.1) is 0 Å². The van der Waals surface area contributed by atoms with Gasteiger partial charge in [0.05, 0.1) is 22.4 Å². The van der Waals surface area contributed by atoms with Gasteiger partial charge in [-0.15, -0.1) is 0 Å². The summed E-state index contributed by atoms with van der Waals surface area (Å²) in [6, 6.07) is 132. The van der Waals surface area contributed by atoms with E-state index in [9.17, 15) is 0 Å². The van der Waals surface area contributed by atoms with E-state index in [2.05, 4.69) is 437 Å². The van der Waals surface area contributed by atoms with Crippen molar-refractivity contribution in [3.63, 3.8) is 0 Å². The van der Waals surface area contributed by atoms with E-state index in [0.717, 1.165) is 28.4 Å². The van der Waals surface area contributed by atoms with Gasteiger partial charge in [0.1, 0.15) is 0 Å². The quantitative estimate of drug-likeness (QED) is 0.0892. The molecule has 1 aromatic heterocycles. The van der Waals surface area contributed by atoms with Crippen molar-refractivity contribution in [3.8, 4) is 16.8 Å². The van der Waals surface area contributed by atoms with Crippen molar-refractivity contribution in [3.05, 3.63) is 362 Å². The first-order valence-electron chi connectivity index (χ1n) is 37.9. The highest BCUT2D eigenvalue weighted by molar-refractivity contribution is 7.20. The Hall–Kier alpha value is -11.0. The van der Waals surface area contributed by atoms with Gasteiger partial charge in [0.25, 0.3) is 6.71 Å². The number of hydrogen-bond donors (Lipinski definition) is 0. The van der Waals surface area contributed by atoms with Crippen LogP contribution in [0.15, 0.2) is 340 Å². The standard InChI is InChI=1S/C100H92BN3Si2/c1-97(2,3)70-49-58-89(84(62-70)69-34-20-13-21-35-69)104-92-61-56-83(106(79-42-28-17-29-43-79,80-44-30-18-31-45-80)81-46-32-19-33-47-81)68-88(92)101-87-57-48-73(100(10,11)12)65-93(87)102(74-52-54-82(55-53-74)105(76-36-22-14-23-37-76,77-38-24-15-25-39-77)78-40-26-16-27-41-78)94-66-75(67-95(104)96(94)101)103-90-59-50-71(98(4,5)6)63-85(90)86-64-72(99(7,8)9)51-60-91(86)103/h13-68H,1-12H3. The van der Waals surface area contributed by atoms with E-state index < -0.39 is 16.1 Å². The van der Waals surface area contributed by atoms with E-state index in [0.29, 0.717) is 0 Å². The van der Waals surface area contributed by atoms with Crippen molar-refractivity contribution in [1.82, 2.24) is 4.57 Å². The van der Waals surface area contributed by atoms with Crippen molar-refractivity contribution in [1.29, 1.82) is 0 Å². The molecule has 0 fully saturated rings. The van der Waals surface area contributed by atoms with Crippen LogP contribution in [-0.2, 0) is 21.7 Å². The average Bonchev–Trinajstić information content (AvgIpc) is 0.823. The van der Waals surface area contributed by atoms with Gasteiger partial charge in [0, 0.05) is 44.8 Å². The van der Waals surface area contributed by atoms with E-state index in [1.54, 1.807) is 0 Å². The van der Waals surface area contributed by atoms with Gasteiger partial charge in [-0.2, -0.15) is 0 Å². The van der Waals surface area contributed by atoms with E-state index in [1.807, 2.05) is 0 Å². The molecule has 14 aromatic carbocycles. The second kappa shape index (κ2) is 25.9. The normalized spacial score (nSPS) is 13.2. The SMILES string of the molecule is CC(C)(C)c1ccc(N2c3ccc([Si](c4ccccc4)(c4ccccc4)c4ccccc4)cc3B3c4ccc(C(C)(C)C)cc4N(c4ccc([Si](c5ccccc5)(c5ccccc5)c5ccccc5)cc4)c4cc(-n5c6ccc(C(C)(C)C)cc6c6cc(C(C)(C)C)ccc65)cc2c43)c(-c2ccccc2)c1. The second-order valence-electron chi connectivity index (χ2n) is 33.7. The molecule has 17 rings (SSSR count). The minimum Gasteiger partial charge on any atom is -0.311 e. The third-order valence-electron chi connectivity index (χ3n) is 23.1. The molecule has 6 heteroatoms. The highest BCUT2D eigenvalue weighted by Crippen LogP contribution is 2.50. The number of anilines is 6. The third kappa shape index (κ3) is 11.3. The maximum Gasteiger partial charge on any atom is 0.252 e. The molecule has 518 valence electrons. The molecule has 0 amide bonds. The van der Waals surface area contributed by atoms with E-state index >= 15 is 0 Å². The Morgan fingerprint density at radius 1 is 0.245 bits per heavy atom. The highest BCUT2D eigenvalue weighted by Gasteiger charge is 2.49. The molecule has 0 radical (unpaired) electrons. The van der Waals surface area contributed by atoms with Gasteiger partial charge < -0.3 is 14.4 Å². The molecule has 0 saturated carbocycles. The zero-order chi connectivity index (χ0) is 73.1. The molecule has 2 aliphatic heterocycles. The minimum absolute atomic E-state index is 0.0752. The molecule has 0 atom stereocenters. The van der Waals surface area contributed by atoms with Crippen molar-refractivity contribution in [2.75, 3.05) is 9.80 Å². The zero-order valence-corrected chi connectivity index (χ0v) is 65.3. The molecule has 0 bridgehead atoms. The number of rotatable bonds is 12. The van der Waals surface area contributed by atoms with Crippen LogP contribution >= 0.6 is 0 Å². The first-order valence-corrected chi connectivity index (χ1v) is 41.9. The molecule has 0 N–H and O–H groups in total. The smallest absolute Gasteiger partial charge is 0.252 e. The molecule has 0 unspecified atom stereocenters. The minimum atomic E-state index is -3.13. The third-order valence-corrected chi connectivity index (χ3v) is 32.7. The van der Waals surface area contributed by atoms with E-state index in [4.69, 9.17) is 0 Å². The summed E-state index contributed by atoms with van der Waals surface area (Å²) in [6.07, 6.45) is 0. The topological polar surface area (TPSA) is 11.4 Å². The maximum atomic E-state index is 2.70. The van der Waals surface area contributed by atoms with Gasteiger partial charge in [-0.25, -0.2) is 0 Å². The second-order valence-corrected chi connectivity index (χ2v) is 41.3. The maximum absolute atomic E-state index is 3.13. The van der Waals surface area contributed by atoms with Crippen molar-refractivity contribution < 1.29 is 0 Å². The lowest BCUT2D eigenvalue weighted by Crippen LogP contribution is -2.75. The molecule has 15 aromatic rings. The summed E-state index contributed by atoms with van der Waals surface area (Å²) < 4.78 is 2.61. The van der Waals surface area contributed by atoms with Crippen LogP contribution in [0.1, 0.15) is 105 Å². The first-order chi connectivity index (χ1) is 51.1. The van der Waals surface area contributed by atoms with Crippen LogP contribution in [0.2, 0.25) is 0 Å². The fraction of sp³-hybridized carbons (Fsp3) is 0.160. The molecule has 0 saturated heterocycles. The summed E-state index contributed by atoms with van der Waals surface area (Å²) >= 11 is 0. The number of benzene rings is 14.